The summed E-state index contributed by atoms with van der Waals surface area (Å²) >= 11 is 0. The Hall–Kier alpha value is -0.720. The zero-order chi connectivity index (χ0) is 8.27. The second-order valence-corrected chi connectivity index (χ2v) is 3.26. The number of allylic oxidation sites excluding steroid dienone is 3. The molecule has 0 saturated heterocycles. The van der Waals surface area contributed by atoms with E-state index in [1.54, 1.807) is 0 Å². The molecule has 0 radical (unpaired) electrons. The van der Waals surface area contributed by atoms with Crippen LogP contribution in [0.5, 0.6) is 0 Å². The fourth-order valence-electron chi connectivity index (χ4n) is 1.49. The Morgan fingerprint density at radius 2 is 1.91 bits per heavy atom. The Balaban J connectivity index is 2.75. The van der Waals surface area contributed by atoms with Gasteiger partial charge in [0.05, 0.1) is 0 Å². The zero-order valence-corrected chi connectivity index (χ0v) is 7.65. The van der Waals surface area contributed by atoms with Crippen molar-refractivity contribution in [3.8, 4) is 0 Å². The number of hydrogen-bond acceptors (Lipinski definition) is 1. The summed E-state index contributed by atoms with van der Waals surface area (Å²) < 4.78 is 0. The molecular weight excluding hydrogens is 134 g/mol. The molecule has 1 aliphatic carbocycles. The molecule has 0 aromatic carbocycles. The van der Waals surface area contributed by atoms with Crippen LogP contribution in [-0.4, -0.2) is 7.05 Å². The van der Waals surface area contributed by atoms with Gasteiger partial charge in [-0.1, -0.05) is 26.0 Å². The van der Waals surface area contributed by atoms with Crippen molar-refractivity contribution in [1.82, 2.24) is 5.32 Å². The average molecular weight is 151 g/mol. The lowest BCUT2D eigenvalue weighted by Gasteiger charge is -2.18. The molecule has 0 heterocycles. The number of likely N-dealkylation sites (N-methyl/N-ethyl adjacent to an activating group) is 1. The van der Waals surface area contributed by atoms with Crippen LogP contribution in [0.2, 0.25) is 0 Å². The van der Waals surface area contributed by atoms with Gasteiger partial charge in [0.1, 0.15) is 0 Å². The summed E-state index contributed by atoms with van der Waals surface area (Å²) in [6.07, 6.45) is 7.02. The van der Waals surface area contributed by atoms with Crippen molar-refractivity contribution in [1.29, 1.82) is 0 Å². The van der Waals surface area contributed by atoms with E-state index in [-0.39, 0.29) is 0 Å². The van der Waals surface area contributed by atoms with Gasteiger partial charge in [0.2, 0.25) is 0 Å². The van der Waals surface area contributed by atoms with E-state index in [9.17, 15) is 0 Å². The van der Waals surface area contributed by atoms with Gasteiger partial charge < -0.3 is 5.32 Å². The number of hydrogen-bond donors (Lipinski definition) is 1. The number of rotatable bonds is 2. The fourth-order valence-corrected chi connectivity index (χ4v) is 1.49. The summed E-state index contributed by atoms with van der Waals surface area (Å²) in [6.45, 7) is 4.48. The van der Waals surface area contributed by atoms with Crippen LogP contribution in [0.1, 0.15) is 26.7 Å². The van der Waals surface area contributed by atoms with E-state index in [0.717, 1.165) is 0 Å². The van der Waals surface area contributed by atoms with Gasteiger partial charge in [-0.05, 0) is 24.3 Å². The average Bonchev–Trinajstić information content (AvgIpc) is 2.04. The first-order valence-corrected chi connectivity index (χ1v) is 4.34. The molecule has 0 unspecified atom stereocenters. The zero-order valence-electron chi connectivity index (χ0n) is 7.65. The summed E-state index contributed by atoms with van der Waals surface area (Å²) in [5, 5.41) is 3.23. The second kappa shape index (κ2) is 3.61. The number of nitrogens with one attached hydrogen (secondary N) is 1. The van der Waals surface area contributed by atoms with Gasteiger partial charge in [0, 0.05) is 12.7 Å². The minimum Gasteiger partial charge on any atom is -0.388 e. The van der Waals surface area contributed by atoms with Crippen LogP contribution in [-0.2, 0) is 0 Å². The summed E-state index contributed by atoms with van der Waals surface area (Å²) in [7, 11) is 1.99. The van der Waals surface area contributed by atoms with E-state index in [1.807, 2.05) is 7.05 Å². The molecule has 0 aliphatic heterocycles. The Morgan fingerprint density at radius 3 is 2.36 bits per heavy atom. The Labute approximate surface area is 69.2 Å². The summed E-state index contributed by atoms with van der Waals surface area (Å²) in [5.74, 6) is 0.647. The van der Waals surface area contributed by atoms with Crippen LogP contribution in [0.15, 0.2) is 23.4 Å². The maximum absolute atomic E-state index is 3.23. The molecule has 11 heavy (non-hydrogen) atoms. The van der Waals surface area contributed by atoms with Crippen molar-refractivity contribution in [3.63, 3.8) is 0 Å². The van der Waals surface area contributed by atoms with Crippen molar-refractivity contribution >= 4 is 0 Å². The second-order valence-electron chi connectivity index (χ2n) is 3.26. The van der Waals surface area contributed by atoms with E-state index in [4.69, 9.17) is 0 Å². The van der Waals surface area contributed by atoms with E-state index >= 15 is 0 Å². The predicted molar refractivity (Wildman–Crippen MR) is 49.3 cm³/mol. The Kier molecular flexibility index (Phi) is 2.75. The molecule has 0 spiro atoms. The summed E-state index contributed by atoms with van der Waals surface area (Å²) in [4.78, 5) is 0. The lowest BCUT2D eigenvalue weighted by molar-refractivity contribution is 0.731. The SMILES string of the molecule is CNC1=CCCC=C1C(C)C. The molecule has 1 aliphatic rings. The minimum absolute atomic E-state index is 0.647. The fraction of sp³-hybridized carbons (Fsp3) is 0.600. The lowest BCUT2D eigenvalue weighted by atomic mass is 9.94. The molecule has 0 amide bonds. The molecular formula is C10H17N. The molecule has 1 nitrogen and oxygen atoms in total. The smallest absolute Gasteiger partial charge is 0.0329 e. The van der Waals surface area contributed by atoms with Gasteiger partial charge in [0.15, 0.2) is 0 Å². The van der Waals surface area contributed by atoms with Crippen LogP contribution in [0.25, 0.3) is 0 Å². The molecule has 1 rings (SSSR count). The van der Waals surface area contributed by atoms with E-state index in [1.165, 1.54) is 24.1 Å². The molecule has 0 bridgehead atoms. The third kappa shape index (κ3) is 1.86. The molecule has 0 saturated carbocycles. The van der Waals surface area contributed by atoms with Crippen molar-refractivity contribution in [2.45, 2.75) is 26.7 Å². The minimum atomic E-state index is 0.647. The molecule has 0 atom stereocenters. The summed E-state index contributed by atoms with van der Waals surface area (Å²) in [5.41, 5.74) is 2.80. The van der Waals surface area contributed by atoms with Crippen LogP contribution in [0.4, 0.5) is 0 Å². The van der Waals surface area contributed by atoms with Crippen LogP contribution in [0, 0.1) is 5.92 Å². The highest BCUT2D eigenvalue weighted by Crippen LogP contribution is 2.22. The lowest BCUT2D eigenvalue weighted by Crippen LogP contribution is -2.13. The topological polar surface area (TPSA) is 12.0 Å². The van der Waals surface area contributed by atoms with Crippen molar-refractivity contribution < 1.29 is 0 Å². The first-order valence-electron chi connectivity index (χ1n) is 4.34. The maximum atomic E-state index is 3.23. The standard InChI is InChI=1S/C10H17N/c1-8(2)9-6-4-5-7-10(9)11-3/h6-8,11H,4-5H2,1-3H3. The molecule has 1 N–H and O–H groups in total. The molecule has 0 fully saturated rings. The molecule has 0 aromatic rings. The summed E-state index contributed by atoms with van der Waals surface area (Å²) in [6, 6.07) is 0. The Morgan fingerprint density at radius 1 is 1.27 bits per heavy atom. The van der Waals surface area contributed by atoms with Gasteiger partial charge in [-0.3, -0.25) is 0 Å². The van der Waals surface area contributed by atoms with Gasteiger partial charge in [-0.25, -0.2) is 0 Å². The van der Waals surface area contributed by atoms with E-state index in [2.05, 4.69) is 31.3 Å². The highest BCUT2D eigenvalue weighted by molar-refractivity contribution is 5.33. The highest BCUT2D eigenvalue weighted by Gasteiger charge is 2.09. The van der Waals surface area contributed by atoms with Gasteiger partial charge >= 0.3 is 0 Å². The largest absolute Gasteiger partial charge is 0.388 e. The molecule has 1 heteroatoms. The van der Waals surface area contributed by atoms with Crippen LogP contribution >= 0.6 is 0 Å². The van der Waals surface area contributed by atoms with Gasteiger partial charge in [0.25, 0.3) is 0 Å². The van der Waals surface area contributed by atoms with Gasteiger partial charge in [-0.2, -0.15) is 0 Å². The first-order chi connectivity index (χ1) is 5.25. The van der Waals surface area contributed by atoms with Crippen molar-refractivity contribution in [3.05, 3.63) is 23.4 Å². The van der Waals surface area contributed by atoms with Crippen LogP contribution in [0.3, 0.4) is 0 Å². The predicted octanol–water partition coefficient (Wildman–Crippen LogP) is 2.47. The highest BCUT2D eigenvalue weighted by atomic mass is 14.8. The van der Waals surface area contributed by atoms with E-state index < -0.39 is 0 Å². The maximum Gasteiger partial charge on any atom is 0.0329 e. The first kappa shape index (κ1) is 8.38. The quantitative estimate of drug-likeness (QED) is 0.639. The third-order valence-corrected chi connectivity index (χ3v) is 2.08. The van der Waals surface area contributed by atoms with E-state index in [0.29, 0.717) is 5.92 Å². The van der Waals surface area contributed by atoms with Gasteiger partial charge in [-0.15, -0.1) is 0 Å². The Bertz CT molecular complexity index is 187. The third-order valence-electron chi connectivity index (χ3n) is 2.08. The van der Waals surface area contributed by atoms with Crippen LogP contribution < -0.4 is 5.32 Å². The monoisotopic (exact) mass is 151 g/mol. The molecule has 62 valence electrons. The van der Waals surface area contributed by atoms with Crippen molar-refractivity contribution in [2.75, 3.05) is 7.05 Å². The normalized spacial score (nSPS) is 17.8. The van der Waals surface area contributed by atoms with Crippen molar-refractivity contribution in [2.24, 2.45) is 5.92 Å². The molecule has 0 aromatic heterocycles.